The van der Waals surface area contributed by atoms with Crippen LogP contribution < -0.4 is 20.9 Å². The fraction of sp³-hybridized carbons (Fsp3) is 0.290. The third-order valence-corrected chi connectivity index (χ3v) is 8.06. The van der Waals surface area contributed by atoms with Crippen molar-refractivity contribution in [1.82, 2.24) is 0 Å². The summed E-state index contributed by atoms with van der Waals surface area (Å²) in [6.45, 7) is 5.51. The van der Waals surface area contributed by atoms with Crippen molar-refractivity contribution in [3.8, 4) is 30.0 Å². The van der Waals surface area contributed by atoms with Gasteiger partial charge in [-0.2, -0.15) is 21.0 Å². The molecule has 5 rings (SSSR count). The molecule has 1 aliphatic carbocycles. The number of rotatable bonds is 5. The quantitative estimate of drug-likeness (QED) is 0.327. The van der Waals surface area contributed by atoms with Crippen molar-refractivity contribution >= 4 is 27.6 Å². The summed E-state index contributed by atoms with van der Waals surface area (Å²) in [5.41, 5.74) is -5.74. The van der Waals surface area contributed by atoms with E-state index in [1.807, 2.05) is 32.1 Å². The fourth-order valence-corrected chi connectivity index (χ4v) is 5.93. The minimum Gasteiger partial charge on any atom is -0.497 e. The number of methoxy groups -OCH3 is 1. The highest BCUT2D eigenvalue weighted by atomic mass is 16.5. The molecule has 1 aliphatic rings. The second-order valence-corrected chi connectivity index (χ2v) is 9.75. The highest BCUT2D eigenvalue weighted by molar-refractivity contribution is 5.85. The predicted octanol–water partition coefficient (Wildman–Crippen LogP) is 4.41. The van der Waals surface area contributed by atoms with Crippen LogP contribution in [0.2, 0.25) is 0 Å². The zero-order chi connectivity index (χ0) is 29.5. The lowest BCUT2D eigenvalue weighted by Crippen LogP contribution is -2.53. The Labute approximate surface area is 234 Å². The Morgan fingerprint density at radius 3 is 2.20 bits per heavy atom. The van der Waals surface area contributed by atoms with Crippen LogP contribution in [0.1, 0.15) is 36.5 Å². The molecule has 0 fully saturated rings. The first kappa shape index (κ1) is 27.0. The van der Waals surface area contributed by atoms with E-state index < -0.39 is 28.0 Å². The molecule has 4 aromatic rings. The van der Waals surface area contributed by atoms with Gasteiger partial charge in [0.2, 0.25) is 5.41 Å². The first-order valence-electron chi connectivity index (χ1n) is 12.9. The van der Waals surface area contributed by atoms with Crippen LogP contribution in [0.5, 0.6) is 5.75 Å². The molecule has 0 aliphatic heterocycles. The summed E-state index contributed by atoms with van der Waals surface area (Å²) in [6, 6.07) is 19.0. The van der Waals surface area contributed by atoms with Crippen molar-refractivity contribution in [3.05, 3.63) is 80.0 Å². The van der Waals surface area contributed by atoms with E-state index >= 15 is 0 Å². The van der Waals surface area contributed by atoms with Gasteiger partial charge in [0.1, 0.15) is 16.9 Å². The number of anilines is 1. The Balaban J connectivity index is 1.84. The lowest BCUT2D eigenvalue weighted by molar-refractivity contribution is 0.282. The summed E-state index contributed by atoms with van der Waals surface area (Å²) >= 11 is 0. The lowest BCUT2D eigenvalue weighted by Gasteiger charge is -2.42. The number of nitriles is 4. The summed E-state index contributed by atoms with van der Waals surface area (Å²) in [5.74, 6) is -0.887. The van der Waals surface area contributed by atoms with Crippen molar-refractivity contribution in [2.45, 2.75) is 31.6 Å². The summed E-state index contributed by atoms with van der Waals surface area (Å²) in [6.07, 6.45) is -0.177. The van der Waals surface area contributed by atoms with Gasteiger partial charge >= 0.3 is 11.3 Å². The Bertz CT molecular complexity index is 1980. The minimum absolute atomic E-state index is 0.0494. The van der Waals surface area contributed by atoms with Crippen LogP contribution in [-0.4, -0.2) is 20.2 Å². The van der Waals surface area contributed by atoms with Crippen LogP contribution in [0.25, 0.3) is 21.9 Å². The highest BCUT2D eigenvalue weighted by Crippen LogP contribution is 2.56. The third kappa shape index (κ3) is 3.66. The first-order chi connectivity index (χ1) is 19.8. The largest absolute Gasteiger partial charge is 0.497 e. The van der Waals surface area contributed by atoms with Crippen LogP contribution in [-0.2, 0) is 11.8 Å². The van der Waals surface area contributed by atoms with Crippen molar-refractivity contribution in [3.63, 3.8) is 0 Å². The average molecular weight is 546 g/mol. The molecule has 41 heavy (non-hydrogen) atoms. The first-order valence-corrected chi connectivity index (χ1v) is 12.9. The normalized spacial score (nSPS) is 16.5. The second-order valence-electron chi connectivity index (χ2n) is 9.75. The number of hydrogen-bond acceptors (Lipinski definition) is 10. The van der Waals surface area contributed by atoms with Crippen LogP contribution in [0, 0.1) is 50.7 Å². The molecular formula is C31H23N5O5. The standard InChI is InChI=1S/C31H23N5O5/c1-4-36(5-2)19-7-6-18-10-23(28(37)40-25(18)11-19)24-13-22-21-9-8-20(39-3)12-26(21)41-29(38)27(22)31(16-34,17-35)30(24,14-32)15-33/h6-12,24H,4-5,13H2,1-3H3. The smallest absolute Gasteiger partial charge is 0.342 e. The molecule has 0 N–H and O–H groups in total. The summed E-state index contributed by atoms with van der Waals surface area (Å²) in [5, 5.41) is 42.7. The molecule has 1 unspecified atom stereocenters. The van der Waals surface area contributed by atoms with E-state index in [4.69, 9.17) is 13.6 Å². The molecule has 0 saturated carbocycles. The summed E-state index contributed by atoms with van der Waals surface area (Å²) < 4.78 is 16.4. The van der Waals surface area contributed by atoms with E-state index in [0.29, 0.717) is 22.1 Å². The molecule has 0 amide bonds. The van der Waals surface area contributed by atoms with Crippen LogP contribution in [0.3, 0.4) is 0 Å². The van der Waals surface area contributed by atoms with E-state index in [1.165, 1.54) is 19.2 Å². The molecule has 10 heteroatoms. The number of benzene rings is 2. The third-order valence-electron chi connectivity index (χ3n) is 8.06. The zero-order valence-corrected chi connectivity index (χ0v) is 22.5. The number of hydrogen-bond donors (Lipinski definition) is 0. The summed E-state index contributed by atoms with van der Waals surface area (Å²) in [7, 11) is 1.45. The molecule has 2 aromatic heterocycles. The van der Waals surface area contributed by atoms with E-state index in [0.717, 1.165) is 18.8 Å². The van der Waals surface area contributed by atoms with Gasteiger partial charge in [-0.15, -0.1) is 0 Å². The Kier molecular flexibility index (Phi) is 6.50. The van der Waals surface area contributed by atoms with E-state index in [2.05, 4.69) is 4.90 Å². The van der Waals surface area contributed by atoms with Gasteiger partial charge in [-0.05, 0) is 56.2 Å². The van der Waals surface area contributed by atoms with Crippen molar-refractivity contribution < 1.29 is 13.6 Å². The van der Waals surface area contributed by atoms with Crippen molar-refractivity contribution in [2.24, 2.45) is 5.41 Å². The molecule has 0 spiro atoms. The zero-order valence-electron chi connectivity index (χ0n) is 22.5. The Morgan fingerprint density at radius 2 is 1.59 bits per heavy atom. The van der Waals surface area contributed by atoms with Crippen molar-refractivity contribution in [1.29, 1.82) is 21.0 Å². The lowest BCUT2D eigenvalue weighted by atomic mass is 9.50. The molecule has 2 aromatic carbocycles. The van der Waals surface area contributed by atoms with E-state index in [-0.39, 0.29) is 28.7 Å². The topological polar surface area (TPSA) is 168 Å². The molecule has 0 radical (unpaired) electrons. The Hall–Kier alpha value is -5.58. The maximum atomic E-state index is 13.5. The second kappa shape index (κ2) is 9.87. The van der Waals surface area contributed by atoms with Gasteiger partial charge in [0.05, 0.1) is 37.0 Å². The predicted molar refractivity (Wildman–Crippen MR) is 148 cm³/mol. The van der Waals surface area contributed by atoms with Gasteiger partial charge in [-0.3, -0.25) is 0 Å². The molecular weight excluding hydrogens is 522 g/mol. The van der Waals surface area contributed by atoms with E-state index in [9.17, 15) is 30.6 Å². The van der Waals surface area contributed by atoms with Gasteiger partial charge in [-0.25, -0.2) is 9.59 Å². The van der Waals surface area contributed by atoms with E-state index in [1.54, 1.807) is 36.4 Å². The van der Waals surface area contributed by atoms with Crippen molar-refractivity contribution in [2.75, 3.05) is 25.1 Å². The molecule has 0 bridgehead atoms. The molecule has 1 atom stereocenters. The average Bonchev–Trinajstić information content (AvgIpc) is 2.99. The van der Waals surface area contributed by atoms with Gasteiger partial charge in [-0.1, -0.05) is 0 Å². The number of ether oxygens (including phenoxy) is 1. The summed E-state index contributed by atoms with van der Waals surface area (Å²) in [4.78, 5) is 28.9. The molecule has 2 heterocycles. The van der Waals surface area contributed by atoms with Gasteiger partial charge in [0.25, 0.3) is 0 Å². The minimum atomic E-state index is -2.57. The highest BCUT2D eigenvalue weighted by Gasteiger charge is 2.66. The van der Waals surface area contributed by atoms with Crippen LogP contribution in [0.4, 0.5) is 5.69 Å². The number of nitrogens with zero attached hydrogens (tertiary/aromatic N) is 5. The maximum Gasteiger partial charge on any atom is 0.342 e. The SMILES string of the molecule is CCN(CC)c1ccc2cc(C3Cc4c(c(=O)oc5cc(OC)ccc45)C(C#N)(C#N)C3(C#N)C#N)c(=O)oc2c1. The van der Waals surface area contributed by atoms with Gasteiger partial charge in [0, 0.05) is 53.2 Å². The monoisotopic (exact) mass is 545 g/mol. The van der Waals surface area contributed by atoms with Gasteiger partial charge < -0.3 is 18.5 Å². The number of fused-ring (bicyclic) bond motifs is 4. The van der Waals surface area contributed by atoms with Crippen LogP contribution in [0.15, 0.2) is 60.9 Å². The maximum absolute atomic E-state index is 13.5. The fourth-order valence-electron chi connectivity index (χ4n) is 5.93. The Morgan fingerprint density at radius 1 is 0.902 bits per heavy atom. The molecule has 202 valence electrons. The van der Waals surface area contributed by atoms with Crippen LogP contribution >= 0.6 is 0 Å². The van der Waals surface area contributed by atoms with Gasteiger partial charge in [0.15, 0.2) is 5.41 Å². The molecule has 0 saturated heterocycles. The molecule has 10 nitrogen and oxygen atoms in total.